The van der Waals surface area contributed by atoms with Gasteiger partial charge in [0, 0.05) is 18.8 Å². The molecule has 0 unspecified atom stereocenters. The van der Waals surface area contributed by atoms with Crippen LogP contribution in [0.1, 0.15) is 28.2 Å². The minimum atomic E-state index is -0.374. The van der Waals surface area contributed by atoms with Crippen LogP contribution in [0, 0.1) is 6.92 Å². The summed E-state index contributed by atoms with van der Waals surface area (Å²) in [5, 5.41) is 2.69. The van der Waals surface area contributed by atoms with Crippen LogP contribution in [-0.4, -0.2) is 24.0 Å². The molecule has 1 amide bonds. The lowest BCUT2D eigenvalue weighted by molar-refractivity contribution is 0.0916. The Labute approximate surface area is 122 Å². The number of amides is 1. The number of carbonyl (C=O) groups excluding carboxylic acids is 1. The first-order valence-corrected chi connectivity index (χ1v) is 6.75. The zero-order valence-corrected chi connectivity index (χ0v) is 11.8. The van der Waals surface area contributed by atoms with Crippen molar-refractivity contribution in [1.82, 2.24) is 10.3 Å². The van der Waals surface area contributed by atoms with Gasteiger partial charge < -0.3 is 19.5 Å². The molecule has 21 heavy (non-hydrogen) atoms. The van der Waals surface area contributed by atoms with Gasteiger partial charge in [-0.1, -0.05) is 0 Å². The van der Waals surface area contributed by atoms with Crippen LogP contribution in [0.25, 0.3) is 0 Å². The maximum atomic E-state index is 11.8. The van der Waals surface area contributed by atoms with Gasteiger partial charge in [0.1, 0.15) is 17.9 Å². The Balaban J connectivity index is 1.66. The van der Waals surface area contributed by atoms with E-state index in [0.29, 0.717) is 26.2 Å². The molecular weight excluding hydrogens is 272 g/mol. The highest BCUT2D eigenvalue weighted by atomic mass is 16.5. The fraction of sp³-hybridized carbons (Fsp3) is 0.333. The van der Waals surface area contributed by atoms with Crippen LogP contribution in [0.2, 0.25) is 0 Å². The Hall–Kier alpha value is -2.34. The van der Waals surface area contributed by atoms with E-state index in [4.69, 9.17) is 9.15 Å². The van der Waals surface area contributed by atoms with E-state index in [1.165, 1.54) is 6.07 Å². The highest BCUT2D eigenvalue weighted by Gasteiger charge is 2.09. The van der Waals surface area contributed by atoms with Gasteiger partial charge in [-0.25, -0.2) is 0 Å². The molecule has 6 nitrogen and oxygen atoms in total. The van der Waals surface area contributed by atoms with Crippen molar-refractivity contribution in [2.75, 3.05) is 13.2 Å². The highest BCUT2D eigenvalue weighted by molar-refractivity contribution is 5.93. The zero-order valence-electron chi connectivity index (χ0n) is 11.8. The molecule has 112 valence electrons. The topological polar surface area (TPSA) is 84.3 Å². The fourth-order valence-corrected chi connectivity index (χ4v) is 1.79. The standard InChI is InChI=1S/C15H18N2O4/c1-11-5-6-13(15(19)17-11)14(18)16-7-3-8-20-10-12-4-2-9-21-12/h2,4-6,9H,3,7-8,10H2,1H3,(H,16,18)(H,17,19). The number of carbonyl (C=O) groups is 1. The van der Waals surface area contributed by atoms with Gasteiger partial charge in [-0.3, -0.25) is 9.59 Å². The Morgan fingerprint density at radius 2 is 2.24 bits per heavy atom. The lowest BCUT2D eigenvalue weighted by atomic mass is 10.2. The first kappa shape index (κ1) is 15.1. The average Bonchev–Trinajstić information content (AvgIpc) is 2.95. The van der Waals surface area contributed by atoms with Gasteiger partial charge in [0.25, 0.3) is 11.5 Å². The predicted octanol–water partition coefficient (Wildman–Crippen LogP) is 1.61. The molecule has 2 N–H and O–H groups in total. The van der Waals surface area contributed by atoms with E-state index in [1.54, 1.807) is 25.3 Å². The van der Waals surface area contributed by atoms with Crippen LogP contribution in [0.4, 0.5) is 0 Å². The summed E-state index contributed by atoms with van der Waals surface area (Å²) in [4.78, 5) is 26.0. The van der Waals surface area contributed by atoms with E-state index >= 15 is 0 Å². The van der Waals surface area contributed by atoms with Crippen LogP contribution in [0.15, 0.2) is 39.7 Å². The van der Waals surface area contributed by atoms with Crippen molar-refractivity contribution in [2.24, 2.45) is 0 Å². The number of rotatable bonds is 7. The lowest BCUT2D eigenvalue weighted by Crippen LogP contribution is -2.30. The van der Waals surface area contributed by atoms with Crippen molar-refractivity contribution in [3.05, 3.63) is 57.9 Å². The third-order valence-electron chi connectivity index (χ3n) is 2.88. The summed E-state index contributed by atoms with van der Waals surface area (Å²) in [6.45, 7) is 3.13. The number of nitrogens with one attached hydrogen (secondary N) is 2. The predicted molar refractivity (Wildman–Crippen MR) is 77.1 cm³/mol. The van der Waals surface area contributed by atoms with Gasteiger partial charge in [-0.15, -0.1) is 0 Å². The number of pyridine rings is 1. The highest BCUT2D eigenvalue weighted by Crippen LogP contribution is 2.01. The molecule has 6 heteroatoms. The van der Waals surface area contributed by atoms with Gasteiger partial charge in [0.05, 0.1) is 6.26 Å². The first-order chi connectivity index (χ1) is 10.2. The van der Waals surface area contributed by atoms with Crippen LogP contribution >= 0.6 is 0 Å². The molecular formula is C15H18N2O4. The number of aromatic nitrogens is 1. The minimum absolute atomic E-state index is 0.122. The maximum absolute atomic E-state index is 11.8. The molecule has 0 aliphatic rings. The monoisotopic (exact) mass is 290 g/mol. The zero-order chi connectivity index (χ0) is 15.1. The molecule has 0 aromatic carbocycles. The third kappa shape index (κ3) is 4.61. The number of furan rings is 1. The summed E-state index contributed by atoms with van der Waals surface area (Å²) >= 11 is 0. The Morgan fingerprint density at radius 1 is 1.38 bits per heavy atom. The van der Waals surface area contributed by atoms with E-state index in [1.807, 2.05) is 6.07 Å². The van der Waals surface area contributed by atoms with Gasteiger partial charge >= 0.3 is 0 Å². The quantitative estimate of drug-likeness (QED) is 0.759. The molecule has 0 aliphatic heterocycles. The molecule has 2 aromatic rings. The fourth-order valence-electron chi connectivity index (χ4n) is 1.79. The molecule has 0 atom stereocenters. The Kier molecular flexibility index (Phi) is 5.34. The minimum Gasteiger partial charge on any atom is -0.467 e. The number of H-pyrrole nitrogens is 1. The van der Waals surface area contributed by atoms with Crippen LogP contribution in [0.5, 0.6) is 0 Å². The summed E-state index contributed by atoms with van der Waals surface area (Å²) < 4.78 is 10.5. The summed E-state index contributed by atoms with van der Waals surface area (Å²) in [5.41, 5.74) is 0.474. The molecule has 0 bridgehead atoms. The second-order valence-electron chi connectivity index (χ2n) is 4.63. The van der Waals surface area contributed by atoms with Crippen molar-refractivity contribution in [3.8, 4) is 0 Å². The normalized spacial score (nSPS) is 10.5. The molecule has 2 rings (SSSR count). The van der Waals surface area contributed by atoms with Crippen LogP contribution in [0.3, 0.4) is 0 Å². The number of hydrogen-bond acceptors (Lipinski definition) is 4. The smallest absolute Gasteiger partial charge is 0.260 e. The second-order valence-corrected chi connectivity index (χ2v) is 4.63. The molecule has 0 saturated carbocycles. The van der Waals surface area contributed by atoms with Gasteiger partial charge in [-0.2, -0.15) is 0 Å². The summed E-state index contributed by atoms with van der Waals surface area (Å²) in [6, 6.07) is 6.86. The second kappa shape index (κ2) is 7.44. The SMILES string of the molecule is Cc1ccc(C(=O)NCCCOCc2ccco2)c(=O)[nH]1. The van der Waals surface area contributed by atoms with Crippen LogP contribution in [-0.2, 0) is 11.3 Å². The van der Waals surface area contributed by atoms with Crippen molar-refractivity contribution in [2.45, 2.75) is 20.0 Å². The van der Waals surface area contributed by atoms with Gasteiger partial charge in [0.15, 0.2) is 0 Å². The van der Waals surface area contributed by atoms with E-state index in [2.05, 4.69) is 10.3 Å². The van der Waals surface area contributed by atoms with E-state index in [0.717, 1.165) is 11.5 Å². The molecule has 0 saturated heterocycles. The number of ether oxygens (including phenoxy) is 1. The molecule has 0 fully saturated rings. The van der Waals surface area contributed by atoms with Gasteiger partial charge in [-0.05, 0) is 37.6 Å². The summed E-state index contributed by atoms with van der Waals surface area (Å²) in [7, 11) is 0. The maximum Gasteiger partial charge on any atom is 0.260 e. The molecule has 2 heterocycles. The Bertz CT molecular complexity index is 631. The van der Waals surface area contributed by atoms with Crippen LogP contribution < -0.4 is 10.9 Å². The Morgan fingerprint density at radius 3 is 2.95 bits per heavy atom. The van der Waals surface area contributed by atoms with Crippen molar-refractivity contribution in [3.63, 3.8) is 0 Å². The average molecular weight is 290 g/mol. The molecule has 2 aromatic heterocycles. The lowest BCUT2D eigenvalue weighted by Gasteiger charge is -2.05. The summed E-state index contributed by atoms with van der Waals surface area (Å²) in [6.07, 6.45) is 2.26. The van der Waals surface area contributed by atoms with E-state index < -0.39 is 0 Å². The molecule has 0 aliphatic carbocycles. The third-order valence-corrected chi connectivity index (χ3v) is 2.88. The summed E-state index contributed by atoms with van der Waals surface area (Å²) in [5.74, 6) is 0.396. The van der Waals surface area contributed by atoms with Crippen molar-refractivity contribution < 1.29 is 13.9 Å². The first-order valence-electron chi connectivity index (χ1n) is 6.75. The molecule has 0 radical (unpaired) electrons. The number of aromatic amines is 1. The number of aryl methyl sites for hydroxylation is 1. The largest absolute Gasteiger partial charge is 0.467 e. The van der Waals surface area contributed by atoms with E-state index in [-0.39, 0.29) is 17.0 Å². The van der Waals surface area contributed by atoms with Gasteiger partial charge in [0.2, 0.25) is 0 Å². The van der Waals surface area contributed by atoms with Crippen molar-refractivity contribution >= 4 is 5.91 Å². The number of hydrogen-bond donors (Lipinski definition) is 2. The van der Waals surface area contributed by atoms with Crippen molar-refractivity contribution in [1.29, 1.82) is 0 Å². The molecule has 0 spiro atoms. The van der Waals surface area contributed by atoms with E-state index in [9.17, 15) is 9.59 Å².